The third kappa shape index (κ3) is 2.67. The molecule has 1 amide bonds. The predicted molar refractivity (Wildman–Crippen MR) is 114 cm³/mol. The lowest BCUT2D eigenvalue weighted by Gasteiger charge is -2.51. The number of nitrogens with one attached hydrogen (secondary N) is 2. The van der Waals surface area contributed by atoms with Gasteiger partial charge in [0.05, 0.1) is 0 Å². The van der Waals surface area contributed by atoms with Gasteiger partial charge in [-0.3, -0.25) is 4.79 Å². The topological polar surface area (TPSA) is 91.2 Å². The molecular weight excluding hydrogens is 378 g/mol. The SMILES string of the molecule is C[C@]1(N2CCCC2=O)C[C@@H](Nc2ncc3c(-c4ccc5nccn5c4)c[nH]c3n2)C1. The smallest absolute Gasteiger partial charge is 0.224 e. The third-order valence-corrected chi connectivity index (χ3v) is 6.56. The number of anilines is 1. The van der Waals surface area contributed by atoms with E-state index < -0.39 is 0 Å². The minimum Gasteiger partial charge on any atom is -0.351 e. The van der Waals surface area contributed by atoms with E-state index in [1.54, 1.807) is 6.20 Å². The highest BCUT2D eigenvalue weighted by Crippen LogP contribution is 2.41. The van der Waals surface area contributed by atoms with Crippen LogP contribution in [-0.2, 0) is 4.79 Å². The number of hydrogen-bond acceptors (Lipinski definition) is 5. The van der Waals surface area contributed by atoms with Crippen LogP contribution in [0.4, 0.5) is 5.95 Å². The first-order chi connectivity index (χ1) is 14.6. The van der Waals surface area contributed by atoms with Crippen molar-refractivity contribution in [3.63, 3.8) is 0 Å². The number of imidazole rings is 1. The Labute approximate surface area is 173 Å². The second kappa shape index (κ2) is 6.29. The molecule has 4 aromatic heterocycles. The fourth-order valence-electron chi connectivity index (χ4n) is 5.02. The Morgan fingerprint density at radius 3 is 3.00 bits per heavy atom. The van der Waals surface area contributed by atoms with Gasteiger partial charge in [0.2, 0.25) is 11.9 Å². The van der Waals surface area contributed by atoms with Crippen molar-refractivity contribution >= 4 is 28.5 Å². The molecule has 0 radical (unpaired) electrons. The van der Waals surface area contributed by atoms with Crippen molar-refractivity contribution in [3.05, 3.63) is 43.1 Å². The van der Waals surface area contributed by atoms with Crippen LogP contribution in [-0.4, -0.2) is 53.3 Å². The van der Waals surface area contributed by atoms with Gasteiger partial charge in [0, 0.05) is 72.0 Å². The number of aromatic amines is 1. The Balaban J connectivity index is 1.20. The van der Waals surface area contributed by atoms with Gasteiger partial charge in [0.25, 0.3) is 0 Å². The number of likely N-dealkylation sites (tertiary alicyclic amines) is 1. The summed E-state index contributed by atoms with van der Waals surface area (Å²) in [7, 11) is 0. The molecule has 0 bridgehead atoms. The minimum atomic E-state index is -0.0269. The van der Waals surface area contributed by atoms with Crippen LogP contribution in [0.1, 0.15) is 32.6 Å². The van der Waals surface area contributed by atoms with E-state index in [1.807, 2.05) is 29.1 Å². The number of carbonyl (C=O) groups is 1. The maximum Gasteiger partial charge on any atom is 0.224 e. The van der Waals surface area contributed by atoms with Crippen LogP contribution < -0.4 is 5.32 Å². The van der Waals surface area contributed by atoms with E-state index >= 15 is 0 Å². The highest BCUT2D eigenvalue weighted by Gasteiger charge is 2.48. The van der Waals surface area contributed by atoms with Crippen LogP contribution in [0.25, 0.3) is 27.8 Å². The lowest BCUT2D eigenvalue weighted by atomic mass is 9.73. The molecule has 0 unspecified atom stereocenters. The first-order valence-electron chi connectivity index (χ1n) is 10.4. The van der Waals surface area contributed by atoms with Crippen molar-refractivity contribution in [2.24, 2.45) is 0 Å². The Hall–Kier alpha value is -3.42. The molecule has 0 atom stereocenters. The van der Waals surface area contributed by atoms with Crippen molar-refractivity contribution in [3.8, 4) is 11.1 Å². The van der Waals surface area contributed by atoms with E-state index in [0.717, 1.165) is 53.6 Å². The highest BCUT2D eigenvalue weighted by molar-refractivity contribution is 5.93. The molecule has 1 aliphatic heterocycles. The minimum absolute atomic E-state index is 0.0269. The fourth-order valence-corrected chi connectivity index (χ4v) is 5.02. The summed E-state index contributed by atoms with van der Waals surface area (Å²) in [6.07, 6.45) is 13.2. The molecule has 5 heterocycles. The number of carbonyl (C=O) groups excluding carboxylic acids is 1. The summed E-state index contributed by atoms with van der Waals surface area (Å²) >= 11 is 0. The molecule has 1 aliphatic carbocycles. The number of nitrogens with zero attached hydrogens (tertiary/aromatic N) is 5. The molecular formula is C22H23N7O. The molecule has 2 fully saturated rings. The number of amides is 1. The summed E-state index contributed by atoms with van der Waals surface area (Å²) in [5.41, 5.74) is 3.85. The second-order valence-corrected chi connectivity index (χ2v) is 8.66. The maximum atomic E-state index is 12.1. The summed E-state index contributed by atoms with van der Waals surface area (Å²) < 4.78 is 2.00. The number of aromatic nitrogens is 5. The number of rotatable bonds is 4. The molecule has 8 heteroatoms. The molecule has 2 N–H and O–H groups in total. The molecule has 2 aliphatic rings. The van der Waals surface area contributed by atoms with E-state index in [2.05, 4.69) is 49.3 Å². The summed E-state index contributed by atoms with van der Waals surface area (Å²) in [6, 6.07) is 4.36. The predicted octanol–water partition coefficient (Wildman–Crippen LogP) is 3.23. The second-order valence-electron chi connectivity index (χ2n) is 8.66. The van der Waals surface area contributed by atoms with E-state index in [1.165, 1.54) is 0 Å². The Morgan fingerprint density at radius 1 is 1.27 bits per heavy atom. The van der Waals surface area contributed by atoms with E-state index in [0.29, 0.717) is 24.3 Å². The number of hydrogen-bond donors (Lipinski definition) is 2. The van der Waals surface area contributed by atoms with Gasteiger partial charge in [-0.2, -0.15) is 4.98 Å². The molecule has 152 valence electrons. The van der Waals surface area contributed by atoms with E-state index in [-0.39, 0.29) is 5.54 Å². The third-order valence-electron chi connectivity index (χ3n) is 6.56. The van der Waals surface area contributed by atoms with Gasteiger partial charge in [-0.15, -0.1) is 0 Å². The monoisotopic (exact) mass is 401 g/mol. The van der Waals surface area contributed by atoms with Gasteiger partial charge in [0.1, 0.15) is 11.3 Å². The van der Waals surface area contributed by atoms with Gasteiger partial charge in [0.15, 0.2) is 0 Å². The Kier molecular flexibility index (Phi) is 3.65. The lowest BCUT2D eigenvalue weighted by molar-refractivity contribution is -0.136. The molecule has 0 spiro atoms. The van der Waals surface area contributed by atoms with E-state index in [4.69, 9.17) is 0 Å². The normalized spacial score (nSPS) is 24.0. The zero-order valence-electron chi connectivity index (χ0n) is 16.8. The molecule has 4 aromatic rings. The van der Waals surface area contributed by atoms with Crippen LogP contribution in [0.15, 0.2) is 43.1 Å². The molecule has 30 heavy (non-hydrogen) atoms. The van der Waals surface area contributed by atoms with Crippen LogP contribution in [0.2, 0.25) is 0 Å². The van der Waals surface area contributed by atoms with Crippen molar-refractivity contribution in [1.29, 1.82) is 0 Å². The number of pyridine rings is 1. The first-order valence-corrected chi connectivity index (χ1v) is 10.4. The summed E-state index contributed by atoms with van der Waals surface area (Å²) in [6.45, 7) is 3.08. The zero-order valence-corrected chi connectivity index (χ0v) is 16.8. The number of H-pyrrole nitrogens is 1. The van der Waals surface area contributed by atoms with E-state index in [9.17, 15) is 4.79 Å². The summed E-state index contributed by atoms with van der Waals surface area (Å²) in [5.74, 6) is 0.919. The lowest BCUT2D eigenvalue weighted by Crippen LogP contribution is -2.59. The van der Waals surface area contributed by atoms with Crippen molar-refractivity contribution in [1.82, 2.24) is 29.2 Å². The summed E-state index contributed by atoms with van der Waals surface area (Å²) in [5, 5.41) is 4.43. The maximum absolute atomic E-state index is 12.1. The van der Waals surface area contributed by atoms with Crippen molar-refractivity contribution < 1.29 is 4.79 Å². The quantitative estimate of drug-likeness (QED) is 0.548. The van der Waals surface area contributed by atoms with Crippen LogP contribution in [0.3, 0.4) is 0 Å². The fraction of sp³-hybridized carbons (Fsp3) is 0.364. The Bertz CT molecular complexity index is 1270. The average molecular weight is 401 g/mol. The van der Waals surface area contributed by atoms with Crippen molar-refractivity contribution in [2.75, 3.05) is 11.9 Å². The van der Waals surface area contributed by atoms with Crippen LogP contribution in [0, 0.1) is 0 Å². The van der Waals surface area contributed by atoms with Gasteiger partial charge < -0.3 is 19.6 Å². The molecule has 8 nitrogen and oxygen atoms in total. The molecule has 1 saturated heterocycles. The first kappa shape index (κ1) is 17.4. The molecule has 1 saturated carbocycles. The van der Waals surface area contributed by atoms with Gasteiger partial charge in [-0.25, -0.2) is 9.97 Å². The molecule has 0 aromatic carbocycles. The standard InChI is InChI=1S/C22H23N7O/c1-22(29-7-2-3-19(29)30)9-15(10-22)26-21-25-12-17-16(11-24-20(17)27-21)14-4-5-18-23-6-8-28(18)13-14/h4-6,8,11-13,15H,2-3,7,9-10H2,1H3,(H2,24,25,26,27)/t15-,22+. The summed E-state index contributed by atoms with van der Waals surface area (Å²) in [4.78, 5) is 30.9. The van der Waals surface area contributed by atoms with Gasteiger partial charge in [-0.1, -0.05) is 0 Å². The average Bonchev–Trinajstić information content (AvgIpc) is 3.44. The largest absolute Gasteiger partial charge is 0.351 e. The number of fused-ring (bicyclic) bond motifs is 2. The van der Waals surface area contributed by atoms with Crippen molar-refractivity contribution in [2.45, 2.75) is 44.2 Å². The van der Waals surface area contributed by atoms with Gasteiger partial charge >= 0.3 is 0 Å². The Morgan fingerprint density at radius 2 is 2.17 bits per heavy atom. The zero-order chi connectivity index (χ0) is 20.3. The van der Waals surface area contributed by atoms with Crippen LogP contribution in [0.5, 0.6) is 0 Å². The van der Waals surface area contributed by atoms with Crippen LogP contribution >= 0.6 is 0 Å². The highest BCUT2D eigenvalue weighted by atomic mass is 16.2. The molecule has 6 rings (SSSR count). The van der Waals surface area contributed by atoms with Gasteiger partial charge in [-0.05, 0) is 38.3 Å².